The van der Waals surface area contributed by atoms with E-state index in [0.29, 0.717) is 6.04 Å². The maximum atomic E-state index is 5.53. The van der Waals surface area contributed by atoms with Crippen molar-refractivity contribution in [2.24, 2.45) is 0 Å². The van der Waals surface area contributed by atoms with E-state index in [9.17, 15) is 0 Å². The number of nitrogens with one attached hydrogen (secondary N) is 1. The molecular formula is C14H20N2O. The molecular weight excluding hydrogens is 212 g/mol. The molecule has 3 heteroatoms. The van der Waals surface area contributed by atoms with Gasteiger partial charge in [0.1, 0.15) is 0 Å². The highest BCUT2D eigenvalue weighted by molar-refractivity contribution is 5.59. The Morgan fingerprint density at radius 3 is 3.18 bits per heavy atom. The van der Waals surface area contributed by atoms with Gasteiger partial charge in [0.15, 0.2) is 0 Å². The zero-order valence-electron chi connectivity index (χ0n) is 10.4. The number of morpholine rings is 1. The summed E-state index contributed by atoms with van der Waals surface area (Å²) in [6.45, 7) is 7.10. The Hall–Kier alpha value is -1.06. The van der Waals surface area contributed by atoms with Crippen molar-refractivity contribution >= 4 is 5.69 Å². The predicted octanol–water partition coefficient (Wildman–Crippen LogP) is 1.73. The number of benzene rings is 1. The quantitative estimate of drug-likeness (QED) is 0.840. The average Bonchev–Trinajstić information content (AvgIpc) is 2.81. The summed E-state index contributed by atoms with van der Waals surface area (Å²) >= 11 is 0. The van der Waals surface area contributed by atoms with Gasteiger partial charge in [-0.3, -0.25) is 0 Å². The van der Waals surface area contributed by atoms with Crippen LogP contribution in [0.5, 0.6) is 0 Å². The van der Waals surface area contributed by atoms with Gasteiger partial charge in [0, 0.05) is 25.3 Å². The number of fused-ring (bicyclic) bond motifs is 1. The van der Waals surface area contributed by atoms with E-state index in [0.717, 1.165) is 26.3 Å². The topological polar surface area (TPSA) is 24.5 Å². The standard InChI is InChI=1S/C14H20N2O/c1-2-16-7-5-12-9-11(3-4-14(12)16)13-10-17-8-6-15-13/h3-4,9,13,15H,2,5-8,10H2,1H3. The number of ether oxygens (including phenoxy) is 1. The first-order valence-corrected chi connectivity index (χ1v) is 6.57. The number of likely N-dealkylation sites (N-methyl/N-ethyl adjacent to an activating group) is 1. The first-order valence-electron chi connectivity index (χ1n) is 6.57. The van der Waals surface area contributed by atoms with Crippen LogP contribution in [0.25, 0.3) is 0 Å². The van der Waals surface area contributed by atoms with Crippen molar-refractivity contribution in [2.75, 3.05) is 37.7 Å². The van der Waals surface area contributed by atoms with E-state index in [1.165, 1.54) is 29.8 Å². The first-order chi connectivity index (χ1) is 8.38. The molecule has 1 N–H and O–H groups in total. The van der Waals surface area contributed by atoms with Crippen LogP contribution in [0.1, 0.15) is 24.1 Å². The fraction of sp³-hybridized carbons (Fsp3) is 0.571. The second kappa shape index (κ2) is 4.67. The van der Waals surface area contributed by atoms with Gasteiger partial charge in [0.05, 0.1) is 19.3 Å². The normalized spacial score (nSPS) is 23.8. The van der Waals surface area contributed by atoms with Crippen LogP contribution in [-0.2, 0) is 11.2 Å². The Balaban J connectivity index is 1.84. The van der Waals surface area contributed by atoms with Crippen molar-refractivity contribution in [1.82, 2.24) is 5.32 Å². The highest BCUT2D eigenvalue weighted by Gasteiger charge is 2.21. The maximum absolute atomic E-state index is 5.53. The van der Waals surface area contributed by atoms with E-state index in [2.05, 4.69) is 35.3 Å². The molecule has 0 saturated carbocycles. The Bertz CT molecular complexity index is 399. The van der Waals surface area contributed by atoms with E-state index in [1.807, 2.05) is 0 Å². The molecule has 3 nitrogen and oxygen atoms in total. The van der Waals surface area contributed by atoms with Gasteiger partial charge in [-0.05, 0) is 30.5 Å². The molecule has 0 aromatic heterocycles. The van der Waals surface area contributed by atoms with Gasteiger partial charge in [0.2, 0.25) is 0 Å². The van der Waals surface area contributed by atoms with Crippen LogP contribution in [0, 0.1) is 0 Å². The Labute approximate surface area is 103 Å². The van der Waals surface area contributed by atoms with Gasteiger partial charge in [0.25, 0.3) is 0 Å². The van der Waals surface area contributed by atoms with Gasteiger partial charge >= 0.3 is 0 Å². The van der Waals surface area contributed by atoms with Crippen LogP contribution >= 0.6 is 0 Å². The SMILES string of the molecule is CCN1CCc2cc(C3COCCN3)ccc21. The van der Waals surface area contributed by atoms with Gasteiger partial charge in [-0.25, -0.2) is 0 Å². The molecule has 1 unspecified atom stereocenters. The molecule has 92 valence electrons. The monoisotopic (exact) mass is 232 g/mol. The van der Waals surface area contributed by atoms with Gasteiger partial charge < -0.3 is 15.0 Å². The molecule has 2 aliphatic heterocycles. The Morgan fingerprint density at radius 1 is 1.47 bits per heavy atom. The molecule has 1 fully saturated rings. The lowest BCUT2D eigenvalue weighted by atomic mass is 10.0. The molecule has 1 saturated heterocycles. The third-order valence-electron chi connectivity index (χ3n) is 3.80. The summed E-state index contributed by atoms with van der Waals surface area (Å²) in [5.74, 6) is 0. The molecule has 0 amide bonds. The third kappa shape index (κ3) is 2.05. The summed E-state index contributed by atoms with van der Waals surface area (Å²) in [6, 6.07) is 7.26. The fourth-order valence-corrected chi connectivity index (χ4v) is 2.81. The van der Waals surface area contributed by atoms with Crippen molar-refractivity contribution < 1.29 is 4.74 Å². The summed E-state index contributed by atoms with van der Waals surface area (Å²) < 4.78 is 5.53. The van der Waals surface area contributed by atoms with E-state index in [-0.39, 0.29) is 0 Å². The highest BCUT2D eigenvalue weighted by Crippen LogP contribution is 2.30. The van der Waals surface area contributed by atoms with Gasteiger partial charge in [-0.1, -0.05) is 12.1 Å². The minimum Gasteiger partial charge on any atom is -0.378 e. The zero-order chi connectivity index (χ0) is 11.7. The lowest BCUT2D eigenvalue weighted by Crippen LogP contribution is -2.34. The summed E-state index contributed by atoms with van der Waals surface area (Å²) in [5.41, 5.74) is 4.30. The van der Waals surface area contributed by atoms with Crippen molar-refractivity contribution in [2.45, 2.75) is 19.4 Å². The van der Waals surface area contributed by atoms with Crippen LogP contribution in [-0.4, -0.2) is 32.8 Å². The third-order valence-corrected chi connectivity index (χ3v) is 3.80. The van der Waals surface area contributed by atoms with Gasteiger partial charge in [-0.15, -0.1) is 0 Å². The maximum Gasteiger partial charge on any atom is 0.0662 e. The predicted molar refractivity (Wildman–Crippen MR) is 69.6 cm³/mol. The minimum absolute atomic E-state index is 0.379. The average molecular weight is 232 g/mol. The summed E-state index contributed by atoms with van der Waals surface area (Å²) in [7, 11) is 0. The van der Waals surface area contributed by atoms with Crippen LogP contribution in [0.2, 0.25) is 0 Å². The van der Waals surface area contributed by atoms with Crippen molar-refractivity contribution in [3.05, 3.63) is 29.3 Å². The summed E-state index contributed by atoms with van der Waals surface area (Å²) in [5, 5.41) is 3.51. The Kier molecular flexibility index (Phi) is 3.04. The smallest absolute Gasteiger partial charge is 0.0662 e. The van der Waals surface area contributed by atoms with Crippen LogP contribution in [0.15, 0.2) is 18.2 Å². The number of nitrogens with zero attached hydrogens (tertiary/aromatic N) is 1. The number of rotatable bonds is 2. The highest BCUT2D eigenvalue weighted by atomic mass is 16.5. The molecule has 2 aliphatic rings. The minimum atomic E-state index is 0.379. The lowest BCUT2D eigenvalue weighted by Gasteiger charge is -2.25. The zero-order valence-corrected chi connectivity index (χ0v) is 10.4. The summed E-state index contributed by atoms with van der Waals surface area (Å²) in [6.07, 6.45) is 1.19. The van der Waals surface area contributed by atoms with Crippen molar-refractivity contribution in [3.8, 4) is 0 Å². The molecule has 1 aromatic carbocycles. The van der Waals surface area contributed by atoms with Crippen LogP contribution in [0.3, 0.4) is 0 Å². The van der Waals surface area contributed by atoms with E-state index >= 15 is 0 Å². The van der Waals surface area contributed by atoms with E-state index in [4.69, 9.17) is 4.74 Å². The van der Waals surface area contributed by atoms with Crippen molar-refractivity contribution in [3.63, 3.8) is 0 Å². The largest absolute Gasteiger partial charge is 0.378 e. The number of hydrogen-bond acceptors (Lipinski definition) is 3. The second-order valence-electron chi connectivity index (χ2n) is 4.80. The molecule has 2 heterocycles. The van der Waals surface area contributed by atoms with Crippen LogP contribution < -0.4 is 10.2 Å². The Morgan fingerprint density at radius 2 is 2.41 bits per heavy atom. The lowest BCUT2D eigenvalue weighted by molar-refractivity contribution is 0.0769. The van der Waals surface area contributed by atoms with Gasteiger partial charge in [-0.2, -0.15) is 0 Å². The summed E-state index contributed by atoms with van der Waals surface area (Å²) in [4.78, 5) is 2.45. The van der Waals surface area contributed by atoms with Crippen LogP contribution in [0.4, 0.5) is 5.69 Å². The number of hydrogen-bond donors (Lipinski definition) is 1. The molecule has 0 bridgehead atoms. The van der Waals surface area contributed by atoms with Crippen molar-refractivity contribution in [1.29, 1.82) is 0 Å². The number of anilines is 1. The molecule has 3 rings (SSSR count). The second-order valence-corrected chi connectivity index (χ2v) is 4.80. The molecule has 17 heavy (non-hydrogen) atoms. The first kappa shape index (κ1) is 11.1. The molecule has 0 radical (unpaired) electrons. The van der Waals surface area contributed by atoms with E-state index < -0.39 is 0 Å². The molecule has 1 atom stereocenters. The molecule has 0 aliphatic carbocycles. The molecule has 0 spiro atoms. The fourth-order valence-electron chi connectivity index (χ4n) is 2.81. The molecule has 1 aromatic rings. The van der Waals surface area contributed by atoms with E-state index in [1.54, 1.807) is 0 Å².